The summed E-state index contributed by atoms with van der Waals surface area (Å²) in [5.41, 5.74) is 2.60. The van der Waals surface area contributed by atoms with Crippen LogP contribution in [0.3, 0.4) is 0 Å². The Bertz CT molecular complexity index is 855. The van der Waals surface area contributed by atoms with Crippen molar-refractivity contribution in [3.8, 4) is 0 Å². The van der Waals surface area contributed by atoms with Crippen molar-refractivity contribution in [1.82, 2.24) is 15.3 Å². The predicted octanol–water partition coefficient (Wildman–Crippen LogP) is 3.07. The monoisotopic (exact) mass is 349 g/mol. The highest BCUT2D eigenvalue weighted by atomic mass is 79.9. The number of rotatable bonds is 3. The van der Waals surface area contributed by atoms with Crippen molar-refractivity contribution < 1.29 is 4.39 Å². The third-order valence-corrected chi connectivity index (χ3v) is 4.07. The van der Waals surface area contributed by atoms with Crippen LogP contribution in [0.1, 0.15) is 17.2 Å². The van der Waals surface area contributed by atoms with Crippen molar-refractivity contribution >= 4 is 27.0 Å². The Balaban J connectivity index is 2.13. The Morgan fingerprint density at radius 3 is 2.71 bits per heavy atom. The van der Waals surface area contributed by atoms with Gasteiger partial charge in [0, 0.05) is 5.56 Å². The second kappa shape index (κ2) is 5.46. The van der Waals surface area contributed by atoms with Crippen LogP contribution in [0, 0.1) is 5.82 Å². The number of benzene rings is 2. The van der Waals surface area contributed by atoms with Crippen LogP contribution >= 0.6 is 15.9 Å². The van der Waals surface area contributed by atoms with Gasteiger partial charge in [0.25, 0.3) is 0 Å². The van der Waals surface area contributed by atoms with E-state index in [1.165, 1.54) is 0 Å². The number of hydrogen-bond acceptors (Lipinski definition) is 2. The summed E-state index contributed by atoms with van der Waals surface area (Å²) in [5.74, 6) is -0.292. The highest BCUT2D eigenvalue weighted by molar-refractivity contribution is 9.10. The Morgan fingerprint density at radius 2 is 1.95 bits per heavy atom. The minimum absolute atomic E-state index is 0.253. The number of imidazole rings is 1. The molecule has 4 nitrogen and oxygen atoms in total. The van der Waals surface area contributed by atoms with Crippen molar-refractivity contribution in [1.29, 1.82) is 0 Å². The molecule has 1 atom stereocenters. The first-order valence-electron chi connectivity index (χ1n) is 6.43. The highest BCUT2D eigenvalue weighted by Gasteiger charge is 2.18. The SMILES string of the molecule is CNC(c1ccc2[nH]c(=O)[nH]c2c1)c1cccc(Br)c1F. The normalized spacial score (nSPS) is 12.7. The average molecular weight is 350 g/mol. The van der Waals surface area contributed by atoms with E-state index in [2.05, 4.69) is 31.2 Å². The summed E-state index contributed by atoms with van der Waals surface area (Å²) in [6, 6.07) is 10.4. The van der Waals surface area contributed by atoms with E-state index in [1.807, 2.05) is 18.2 Å². The number of nitrogens with one attached hydrogen (secondary N) is 3. The largest absolute Gasteiger partial charge is 0.323 e. The van der Waals surface area contributed by atoms with Crippen LogP contribution < -0.4 is 11.0 Å². The smallest absolute Gasteiger partial charge is 0.309 e. The van der Waals surface area contributed by atoms with Crippen molar-refractivity contribution in [2.75, 3.05) is 7.05 Å². The van der Waals surface area contributed by atoms with E-state index in [1.54, 1.807) is 25.2 Å². The second-order valence-corrected chi connectivity index (χ2v) is 5.60. The molecule has 0 bridgehead atoms. The van der Waals surface area contributed by atoms with Gasteiger partial charge in [-0.3, -0.25) is 0 Å². The van der Waals surface area contributed by atoms with Gasteiger partial charge in [0.2, 0.25) is 0 Å². The number of aromatic amines is 2. The molecule has 3 N–H and O–H groups in total. The lowest BCUT2D eigenvalue weighted by Crippen LogP contribution is -2.19. The molecule has 3 rings (SSSR count). The molecule has 0 saturated carbocycles. The van der Waals surface area contributed by atoms with Gasteiger partial charge in [0.15, 0.2) is 0 Å². The number of halogens is 2. The number of aromatic nitrogens is 2. The van der Waals surface area contributed by atoms with Crippen molar-refractivity contribution in [3.05, 3.63) is 68.3 Å². The maximum atomic E-state index is 14.3. The molecule has 0 amide bonds. The van der Waals surface area contributed by atoms with E-state index in [0.717, 1.165) is 11.1 Å². The molecule has 2 aromatic carbocycles. The van der Waals surface area contributed by atoms with Gasteiger partial charge in [-0.2, -0.15) is 0 Å². The van der Waals surface area contributed by atoms with Crippen LogP contribution in [0.4, 0.5) is 4.39 Å². The fourth-order valence-corrected chi connectivity index (χ4v) is 2.86. The maximum absolute atomic E-state index is 14.3. The Morgan fingerprint density at radius 1 is 1.19 bits per heavy atom. The number of fused-ring (bicyclic) bond motifs is 1. The molecule has 108 valence electrons. The van der Waals surface area contributed by atoms with E-state index in [0.29, 0.717) is 15.6 Å². The molecule has 6 heteroatoms. The van der Waals surface area contributed by atoms with Gasteiger partial charge in [-0.1, -0.05) is 18.2 Å². The first kappa shape index (κ1) is 14.0. The topological polar surface area (TPSA) is 60.7 Å². The molecule has 0 aliphatic rings. The lowest BCUT2D eigenvalue weighted by molar-refractivity contribution is 0.571. The molecule has 0 aliphatic heterocycles. The van der Waals surface area contributed by atoms with Crippen LogP contribution in [0.15, 0.2) is 45.7 Å². The molecule has 0 spiro atoms. The molecule has 0 saturated heterocycles. The van der Waals surface area contributed by atoms with Gasteiger partial charge in [-0.05, 0) is 46.7 Å². The van der Waals surface area contributed by atoms with Gasteiger partial charge < -0.3 is 15.3 Å². The Kier molecular flexibility index (Phi) is 3.65. The van der Waals surface area contributed by atoms with Gasteiger partial charge >= 0.3 is 5.69 Å². The summed E-state index contributed by atoms with van der Waals surface area (Å²) in [6.07, 6.45) is 0. The Labute approximate surface area is 128 Å². The molecule has 1 unspecified atom stereocenters. The zero-order valence-electron chi connectivity index (χ0n) is 11.2. The Hall–Kier alpha value is -1.92. The molecule has 0 radical (unpaired) electrons. The lowest BCUT2D eigenvalue weighted by Gasteiger charge is -2.18. The minimum Gasteiger partial charge on any atom is -0.309 e. The van der Waals surface area contributed by atoms with Crippen LogP contribution in [0.25, 0.3) is 11.0 Å². The molecular formula is C15H13BrFN3O. The zero-order chi connectivity index (χ0) is 15.0. The maximum Gasteiger partial charge on any atom is 0.323 e. The molecular weight excluding hydrogens is 337 g/mol. The van der Waals surface area contributed by atoms with E-state index < -0.39 is 0 Å². The standard InChI is InChI=1S/C15H13BrFN3O/c1-18-14(9-3-2-4-10(16)13(9)17)8-5-6-11-12(7-8)20-15(21)19-11/h2-7,14,18H,1H3,(H2,19,20,21). The fourth-order valence-electron chi connectivity index (χ4n) is 2.47. The molecule has 21 heavy (non-hydrogen) atoms. The minimum atomic E-state index is -0.301. The number of hydrogen-bond donors (Lipinski definition) is 3. The van der Waals surface area contributed by atoms with E-state index in [9.17, 15) is 9.18 Å². The summed E-state index contributed by atoms with van der Waals surface area (Å²) >= 11 is 3.20. The third-order valence-electron chi connectivity index (χ3n) is 3.45. The lowest BCUT2D eigenvalue weighted by atomic mass is 9.98. The molecule has 3 aromatic rings. The van der Waals surface area contributed by atoms with Crippen LogP contribution in [-0.4, -0.2) is 17.0 Å². The predicted molar refractivity (Wildman–Crippen MR) is 83.9 cm³/mol. The summed E-state index contributed by atoms with van der Waals surface area (Å²) in [4.78, 5) is 16.7. The number of H-pyrrole nitrogens is 2. The third kappa shape index (κ3) is 2.52. The molecule has 1 aromatic heterocycles. The van der Waals surface area contributed by atoms with Crippen LogP contribution in [-0.2, 0) is 0 Å². The van der Waals surface area contributed by atoms with E-state index in [4.69, 9.17) is 0 Å². The first-order chi connectivity index (χ1) is 10.1. The van der Waals surface area contributed by atoms with Crippen LogP contribution in [0.2, 0.25) is 0 Å². The highest BCUT2D eigenvalue weighted by Crippen LogP contribution is 2.29. The van der Waals surface area contributed by atoms with Crippen LogP contribution in [0.5, 0.6) is 0 Å². The second-order valence-electron chi connectivity index (χ2n) is 4.75. The van der Waals surface area contributed by atoms with Gasteiger partial charge in [-0.15, -0.1) is 0 Å². The molecule has 0 fully saturated rings. The van der Waals surface area contributed by atoms with Crippen molar-refractivity contribution in [2.45, 2.75) is 6.04 Å². The van der Waals surface area contributed by atoms with Crippen molar-refractivity contribution in [2.24, 2.45) is 0 Å². The van der Waals surface area contributed by atoms with Gasteiger partial charge in [0.1, 0.15) is 5.82 Å². The average Bonchev–Trinajstić information content (AvgIpc) is 2.83. The summed E-state index contributed by atoms with van der Waals surface area (Å²) in [6.45, 7) is 0. The fraction of sp³-hybridized carbons (Fsp3) is 0.133. The summed E-state index contributed by atoms with van der Waals surface area (Å²) in [7, 11) is 1.77. The first-order valence-corrected chi connectivity index (χ1v) is 7.22. The van der Waals surface area contributed by atoms with Gasteiger partial charge in [-0.25, -0.2) is 9.18 Å². The molecule has 0 aliphatic carbocycles. The molecule has 1 heterocycles. The van der Waals surface area contributed by atoms with Crippen molar-refractivity contribution in [3.63, 3.8) is 0 Å². The quantitative estimate of drug-likeness (QED) is 0.680. The van der Waals surface area contributed by atoms with E-state index in [-0.39, 0.29) is 17.5 Å². The summed E-state index contributed by atoms with van der Waals surface area (Å²) < 4.78 is 14.7. The van der Waals surface area contributed by atoms with E-state index >= 15 is 0 Å². The summed E-state index contributed by atoms with van der Waals surface area (Å²) in [5, 5.41) is 3.11. The van der Waals surface area contributed by atoms with Gasteiger partial charge in [0.05, 0.1) is 21.5 Å². The zero-order valence-corrected chi connectivity index (χ0v) is 12.8.